The lowest BCUT2D eigenvalue weighted by Gasteiger charge is -2.35. The third kappa shape index (κ3) is 2.86. The van der Waals surface area contributed by atoms with Crippen LogP contribution in [-0.2, 0) is 4.79 Å². The lowest BCUT2D eigenvalue weighted by molar-refractivity contribution is -0.142. The second-order valence-electron chi connectivity index (χ2n) is 6.06. The molecule has 2 N–H and O–H groups in total. The highest BCUT2D eigenvalue weighted by molar-refractivity contribution is 5.79. The van der Waals surface area contributed by atoms with E-state index < -0.39 is 11.9 Å². The highest BCUT2D eigenvalue weighted by Crippen LogP contribution is 2.42. The Hall–Kier alpha value is -1.30. The maximum atomic E-state index is 12.9. The van der Waals surface area contributed by atoms with Gasteiger partial charge >= 0.3 is 12.0 Å². The van der Waals surface area contributed by atoms with Crippen LogP contribution < -0.4 is 0 Å². The van der Waals surface area contributed by atoms with Gasteiger partial charge in [-0.1, -0.05) is 13.8 Å². The number of fused-ring (bicyclic) bond motifs is 2. The first kappa shape index (κ1) is 16.1. The number of carbonyl (C=O) groups is 2. The van der Waals surface area contributed by atoms with E-state index in [9.17, 15) is 19.8 Å². The second-order valence-corrected chi connectivity index (χ2v) is 6.06. The van der Waals surface area contributed by atoms with E-state index in [1.54, 1.807) is 9.80 Å². The summed E-state index contributed by atoms with van der Waals surface area (Å²) in [5, 5.41) is 18.5. The van der Waals surface area contributed by atoms with Crippen LogP contribution in [0.5, 0.6) is 0 Å². The number of aliphatic carboxylic acids is 1. The molecule has 21 heavy (non-hydrogen) atoms. The largest absolute Gasteiger partial charge is 0.481 e. The number of urea groups is 1. The Balaban J connectivity index is 2.16. The van der Waals surface area contributed by atoms with Gasteiger partial charge in [0.2, 0.25) is 0 Å². The van der Waals surface area contributed by atoms with Crippen LogP contribution in [0.2, 0.25) is 0 Å². The Labute approximate surface area is 125 Å². The summed E-state index contributed by atoms with van der Waals surface area (Å²) in [6, 6.07) is -0.100. The van der Waals surface area contributed by atoms with Crippen molar-refractivity contribution >= 4 is 12.0 Å². The van der Waals surface area contributed by atoms with Gasteiger partial charge < -0.3 is 20.0 Å². The maximum Gasteiger partial charge on any atom is 0.320 e. The molecule has 2 aliphatic heterocycles. The van der Waals surface area contributed by atoms with Gasteiger partial charge in [-0.2, -0.15) is 0 Å². The molecular weight excluding hydrogens is 272 g/mol. The van der Waals surface area contributed by atoms with Gasteiger partial charge in [0.25, 0.3) is 0 Å². The lowest BCUT2D eigenvalue weighted by Crippen LogP contribution is -2.51. The van der Waals surface area contributed by atoms with Gasteiger partial charge in [0.15, 0.2) is 0 Å². The molecule has 0 aliphatic carbocycles. The second kappa shape index (κ2) is 6.64. The van der Waals surface area contributed by atoms with Crippen molar-refractivity contribution in [3.63, 3.8) is 0 Å². The first-order valence-electron chi connectivity index (χ1n) is 7.97. The van der Waals surface area contributed by atoms with Gasteiger partial charge in [-0.15, -0.1) is 0 Å². The van der Waals surface area contributed by atoms with Gasteiger partial charge in [0.05, 0.1) is 12.5 Å². The summed E-state index contributed by atoms with van der Waals surface area (Å²) in [6.07, 6.45) is 3.93. The summed E-state index contributed by atoms with van der Waals surface area (Å²) in [6.45, 7) is 4.32. The number of rotatable bonds is 6. The number of hydrogen-bond acceptors (Lipinski definition) is 3. The number of carbonyl (C=O) groups excluding carboxylic acids is 1. The summed E-state index contributed by atoms with van der Waals surface area (Å²) in [5.41, 5.74) is 0. The third-order valence-corrected chi connectivity index (χ3v) is 5.04. The lowest BCUT2D eigenvalue weighted by atomic mass is 9.89. The fraction of sp³-hybridized carbons (Fsp3) is 0.867. The number of aliphatic hydroxyl groups excluding tert-OH is 1. The van der Waals surface area contributed by atoms with Gasteiger partial charge in [-0.05, 0) is 32.1 Å². The van der Waals surface area contributed by atoms with Crippen LogP contribution in [0.15, 0.2) is 0 Å². The molecule has 3 unspecified atom stereocenters. The van der Waals surface area contributed by atoms with Crippen LogP contribution in [0.3, 0.4) is 0 Å². The number of hydrogen-bond donors (Lipinski definition) is 2. The van der Waals surface area contributed by atoms with E-state index in [2.05, 4.69) is 0 Å². The topological polar surface area (TPSA) is 81.1 Å². The van der Waals surface area contributed by atoms with Crippen LogP contribution >= 0.6 is 0 Å². The van der Waals surface area contributed by atoms with E-state index in [-0.39, 0.29) is 30.8 Å². The Morgan fingerprint density at radius 1 is 1.29 bits per heavy atom. The molecular formula is C15H26N2O4. The molecule has 0 aromatic rings. The third-order valence-electron chi connectivity index (χ3n) is 5.04. The van der Waals surface area contributed by atoms with Gasteiger partial charge in [-0.25, -0.2) is 4.79 Å². The van der Waals surface area contributed by atoms with Crippen LogP contribution in [0.1, 0.15) is 46.0 Å². The van der Waals surface area contributed by atoms with Gasteiger partial charge in [-0.3, -0.25) is 4.79 Å². The van der Waals surface area contributed by atoms with Crippen molar-refractivity contribution < 1.29 is 19.8 Å². The SMILES string of the molecule is CCC(CC)N(CCO)C(=O)N1C2CCC1C(C(=O)O)C2. The van der Waals surface area contributed by atoms with Crippen molar-refractivity contribution in [3.05, 3.63) is 0 Å². The number of carboxylic acid groups (broad SMARTS) is 1. The molecule has 2 rings (SSSR count). The quantitative estimate of drug-likeness (QED) is 0.779. The van der Waals surface area contributed by atoms with E-state index in [4.69, 9.17) is 0 Å². The van der Waals surface area contributed by atoms with Crippen LogP contribution in [0, 0.1) is 5.92 Å². The average molecular weight is 298 g/mol. The van der Waals surface area contributed by atoms with E-state index in [1.165, 1.54) is 0 Å². The van der Waals surface area contributed by atoms with E-state index in [0.717, 1.165) is 25.7 Å². The highest BCUT2D eigenvalue weighted by atomic mass is 16.4. The average Bonchev–Trinajstić information content (AvgIpc) is 3.04. The molecule has 6 heteroatoms. The first-order valence-corrected chi connectivity index (χ1v) is 7.97. The molecule has 0 aromatic carbocycles. The fourth-order valence-corrected chi connectivity index (χ4v) is 3.97. The molecule has 0 spiro atoms. The number of carboxylic acids is 1. The standard InChI is InChI=1S/C15H26N2O4/c1-3-10(4-2)16(7-8-18)15(21)17-11-5-6-13(17)12(9-11)14(19)20/h10-13,18H,3-9H2,1-2H3,(H,19,20). The predicted octanol–water partition coefficient (Wildman–Crippen LogP) is 1.53. The molecule has 2 amide bonds. The summed E-state index contributed by atoms with van der Waals surface area (Å²) in [7, 11) is 0. The van der Waals surface area contributed by atoms with E-state index >= 15 is 0 Å². The fourth-order valence-electron chi connectivity index (χ4n) is 3.97. The van der Waals surface area contributed by atoms with Gasteiger partial charge in [0, 0.05) is 24.7 Å². The van der Waals surface area contributed by atoms with Gasteiger partial charge in [0.1, 0.15) is 0 Å². The Kier molecular flexibility index (Phi) is 5.08. The Morgan fingerprint density at radius 2 is 1.95 bits per heavy atom. The zero-order valence-corrected chi connectivity index (χ0v) is 12.9. The van der Waals surface area contributed by atoms with Crippen molar-refractivity contribution in [1.82, 2.24) is 9.80 Å². The molecule has 0 saturated carbocycles. The highest BCUT2D eigenvalue weighted by Gasteiger charge is 2.52. The molecule has 120 valence electrons. The normalized spacial score (nSPS) is 27.4. The van der Waals surface area contributed by atoms with Crippen molar-refractivity contribution in [2.75, 3.05) is 13.2 Å². The predicted molar refractivity (Wildman–Crippen MR) is 77.9 cm³/mol. The van der Waals surface area contributed by atoms with Crippen LogP contribution in [0.25, 0.3) is 0 Å². The van der Waals surface area contributed by atoms with Crippen molar-refractivity contribution in [2.45, 2.75) is 64.1 Å². The van der Waals surface area contributed by atoms with Crippen molar-refractivity contribution in [2.24, 2.45) is 5.92 Å². The molecule has 2 heterocycles. The molecule has 2 aliphatic rings. The minimum absolute atomic E-state index is 0.0548. The van der Waals surface area contributed by atoms with E-state index in [0.29, 0.717) is 13.0 Å². The molecule has 2 saturated heterocycles. The zero-order chi connectivity index (χ0) is 15.6. The zero-order valence-electron chi connectivity index (χ0n) is 12.9. The maximum absolute atomic E-state index is 12.9. The minimum Gasteiger partial charge on any atom is -0.481 e. The molecule has 0 aromatic heterocycles. The van der Waals surface area contributed by atoms with Crippen LogP contribution in [-0.4, -0.2) is 63.3 Å². The Morgan fingerprint density at radius 3 is 2.43 bits per heavy atom. The molecule has 2 fully saturated rings. The minimum atomic E-state index is -0.795. The molecule has 6 nitrogen and oxygen atoms in total. The molecule has 3 atom stereocenters. The number of nitrogens with zero attached hydrogens (tertiary/aromatic N) is 2. The monoisotopic (exact) mass is 298 g/mol. The molecule has 2 bridgehead atoms. The number of aliphatic hydroxyl groups is 1. The molecule has 0 radical (unpaired) electrons. The summed E-state index contributed by atoms with van der Waals surface area (Å²) >= 11 is 0. The van der Waals surface area contributed by atoms with Crippen molar-refractivity contribution in [3.8, 4) is 0 Å². The van der Waals surface area contributed by atoms with Crippen LogP contribution in [0.4, 0.5) is 4.79 Å². The van der Waals surface area contributed by atoms with E-state index in [1.807, 2.05) is 13.8 Å². The summed E-state index contributed by atoms with van der Waals surface area (Å²) in [4.78, 5) is 27.7. The number of amides is 2. The Bertz CT molecular complexity index is 397. The summed E-state index contributed by atoms with van der Waals surface area (Å²) in [5.74, 6) is -1.22. The smallest absolute Gasteiger partial charge is 0.320 e. The first-order chi connectivity index (χ1) is 10.0. The summed E-state index contributed by atoms with van der Waals surface area (Å²) < 4.78 is 0. The van der Waals surface area contributed by atoms with Crippen molar-refractivity contribution in [1.29, 1.82) is 0 Å².